The van der Waals surface area contributed by atoms with Crippen molar-refractivity contribution >= 4 is 17.7 Å². The van der Waals surface area contributed by atoms with Gasteiger partial charge in [0.05, 0.1) is 32.0 Å². The molecule has 3 N–H and O–H groups in total. The van der Waals surface area contributed by atoms with Crippen molar-refractivity contribution in [3.05, 3.63) is 60.9 Å². The first-order chi connectivity index (χ1) is 19.7. The fourth-order valence-electron chi connectivity index (χ4n) is 5.31. The van der Waals surface area contributed by atoms with E-state index in [1.807, 2.05) is 75.4 Å². The fourth-order valence-corrected chi connectivity index (χ4v) is 5.31. The van der Waals surface area contributed by atoms with E-state index in [-0.39, 0.29) is 17.6 Å². The summed E-state index contributed by atoms with van der Waals surface area (Å²) >= 11 is 0. The van der Waals surface area contributed by atoms with Crippen molar-refractivity contribution < 1.29 is 23.7 Å². The van der Waals surface area contributed by atoms with Crippen LogP contribution >= 0.6 is 0 Å². The third kappa shape index (κ3) is 7.45. The first kappa shape index (κ1) is 28.6. The largest absolute Gasteiger partial charge is 0.457 e. The van der Waals surface area contributed by atoms with Crippen molar-refractivity contribution in [2.24, 2.45) is 5.41 Å². The van der Waals surface area contributed by atoms with Gasteiger partial charge in [0.15, 0.2) is 0 Å². The van der Waals surface area contributed by atoms with Gasteiger partial charge in [-0.05, 0) is 63.4 Å². The van der Waals surface area contributed by atoms with E-state index in [1.165, 1.54) is 6.33 Å². The minimum absolute atomic E-state index is 0.170. The van der Waals surface area contributed by atoms with Crippen LogP contribution in [0.1, 0.15) is 33.6 Å². The van der Waals surface area contributed by atoms with E-state index < -0.39 is 5.60 Å². The van der Waals surface area contributed by atoms with Crippen molar-refractivity contribution in [1.29, 1.82) is 0 Å². The molecule has 1 amide bonds. The summed E-state index contributed by atoms with van der Waals surface area (Å²) in [6.45, 7) is 10.2. The maximum Gasteiger partial charge on any atom is 0.410 e. The first-order valence-electron chi connectivity index (χ1n) is 14.0. The molecule has 1 saturated carbocycles. The summed E-state index contributed by atoms with van der Waals surface area (Å²) in [5.41, 5.74) is 7.66. The molecule has 3 aromatic rings. The Morgan fingerprint density at radius 2 is 1.56 bits per heavy atom. The molecule has 2 aromatic carbocycles. The molecule has 2 aliphatic heterocycles. The number of ether oxygens (including phenoxy) is 4. The van der Waals surface area contributed by atoms with Gasteiger partial charge in [-0.2, -0.15) is 0 Å². The number of nitrogens with two attached hydrogens (primary N) is 1. The third-order valence-electron chi connectivity index (χ3n) is 7.15. The zero-order valence-electron chi connectivity index (χ0n) is 24.0. The summed E-state index contributed by atoms with van der Waals surface area (Å²) < 4.78 is 21.3. The predicted molar refractivity (Wildman–Crippen MR) is 157 cm³/mol. The van der Waals surface area contributed by atoms with Gasteiger partial charge in [-0.1, -0.05) is 30.3 Å². The van der Waals surface area contributed by atoms with Crippen LogP contribution in [0.5, 0.6) is 11.5 Å². The maximum atomic E-state index is 12.3. The summed E-state index contributed by atoms with van der Waals surface area (Å²) in [6.07, 6.45) is 3.19. The molecule has 0 atom stereocenters. The summed E-state index contributed by atoms with van der Waals surface area (Å²) in [5, 5.41) is 3.55. The number of nitrogens with one attached hydrogen (secondary N) is 1. The van der Waals surface area contributed by atoms with Crippen molar-refractivity contribution in [2.45, 2.75) is 45.3 Å². The molecule has 10 heteroatoms. The van der Waals surface area contributed by atoms with Gasteiger partial charge in [0.2, 0.25) is 0 Å². The average Bonchev–Trinajstić information content (AvgIpc) is 2.91. The van der Waals surface area contributed by atoms with Crippen LogP contribution in [0.4, 0.5) is 16.4 Å². The van der Waals surface area contributed by atoms with E-state index in [2.05, 4.69) is 15.3 Å². The highest BCUT2D eigenvalue weighted by Crippen LogP contribution is 2.50. The van der Waals surface area contributed by atoms with Crippen molar-refractivity contribution in [2.75, 3.05) is 50.6 Å². The molecule has 0 unspecified atom stereocenters. The normalized spacial score (nSPS) is 17.9. The molecule has 0 bridgehead atoms. The van der Waals surface area contributed by atoms with Crippen LogP contribution in [0.15, 0.2) is 60.9 Å². The number of nitrogen functional groups attached to an aromatic ring is 1. The summed E-state index contributed by atoms with van der Waals surface area (Å²) in [5.74, 6) is 2.67. The van der Waals surface area contributed by atoms with Gasteiger partial charge in [-0.3, -0.25) is 0 Å². The molecular weight excluding hydrogens is 522 g/mol. The highest BCUT2D eigenvalue weighted by atomic mass is 16.6. The summed E-state index contributed by atoms with van der Waals surface area (Å²) in [4.78, 5) is 22.7. The number of carbonyl (C=O) groups excluding carboxylic acids is 1. The molecule has 0 radical (unpaired) electrons. The molecule has 218 valence electrons. The Kier molecular flexibility index (Phi) is 8.60. The van der Waals surface area contributed by atoms with Gasteiger partial charge in [0, 0.05) is 24.5 Å². The standard InChI is InChI=1S/C27H31N5O3.C4H8O2/c1-26(2,3)35-25(33)32-15-27(16-32)13-19(14-27)31-24-22(23(28)29-17-30-24)18-9-11-21(12-10-18)34-20-7-5-4-6-8-20;1-2-6-4-3-5-1/h4-12,17,19H,13-16H2,1-3H3,(H3,28,29,30,31);1-4H2. The number of anilines is 2. The number of para-hydroxylation sites is 1. The number of rotatable bonds is 5. The lowest BCUT2D eigenvalue weighted by atomic mass is 9.61. The van der Waals surface area contributed by atoms with Crippen LogP contribution in [-0.4, -0.2) is 72.1 Å². The van der Waals surface area contributed by atoms with E-state index >= 15 is 0 Å². The lowest BCUT2D eigenvalue weighted by Gasteiger charge is -2.58. The van der Waals surface area contributed by atoms with Crippen LogP contribution in [0, 0.1) is 5.41 Å². The van der Waals surface area contributed by atoms with Crippen molar-refractivity contribution in [1.82, 2.24) is 14.9 Å². The minimum atomic E-state index is -0.473. The number of hydrogen-bond donors (Lipinski definition) is 2. The zero-order valence-corrected chi connectivity index (χ0v) is 24.0. The number of nitrogens with zero attached hydrogens (tertiary/aromatic N) is 3. The Balaban J connectivity index is 0.000000500. The Morgan fingerprint density at radius 3 is 2.15 bits per heavy atom. The Bertz CT molecular complexity index is 1280. The van der Waals surface area contributed by atoms with Gasteiger partial charge in [0.1, 0.15) is 35.1 Å². The average molecular weight is 562 g/mol. The van der Waals surface area contributed by atoms with E-state index in [9.17, 15) is 4.79 Å². The molecule has 2 saturated heterocycles. The molecule has 3 aliphatic rings. The lowest BCUT2D eigenvalue weighted by Crippen LogP contribution is -2.66. The van der Waals surface area contributed by atoms with Gasteiger partial charge >= 0.3 is 6.09 Å². The number of aromatic nitrogens is 2. The van der Waals surface area contributed by atoms with Crippen LogP contribution in [0.2, 0.25) is 0 Å². The molecule has 3 fully saturated rings. The van der Waals surface area contributed by atoms with Crippen molar-refractivity contribution in [3.8, 4) is 22.6 Å². The number of amides is 1. The lowest BCUT2D eigenvalue weighted by molar-refractivity contribution is -0.0739. The Labute approximate surface area is 241 Å². The molecule has 41 heavy (non-hydrogen) atoms. The van der Waals surface area contributed by atoms with Crippen LogP contribution in [0.25, 0.3) is 11.1 Å². The predicted octanol–water partition coefficient (Wildman–Crippen LogP) is 5.36. The number of carbonyl (C=O) groups is 1. The van der Waals surface area contributed by atoms with E-state index in [0.717, 1.165) is 80.8 Å². The van der Waals surface area contributed by atoms with Crippen LogP contribution in [-0.2, 0) is 14.2 Å². The van der Waals surface area contributed by atoms with Crippen molar-refractivity contribution in [3.63, 3.8) is 0 Å². The Morgan fingerprint density at radius 1 is 0.951 bits per heavy atom. The van der Waals surface area contributed by atoms with Gasteiger partial charge < -0.3 is 34.9 Å². The molecule has 1 aliphatic carbocycles. The summed E-state index contributed by atoms with van der Waals surface area (Å²) in [6, 6.07) is 17.7. The molecule has 6 rings (SSSR count). The number of likely N-dealkylation sites (tertiary alicyclic amines) is 1. The summed E-state index contributed by atoms with van der Waals surface area (Å²) in [7, 11) is 0. The van der Waals surface area contributed by atoms with Gasteiger partial charge in [-0.25, -0.2) is 14.8 Å². The second-order valence-electron chi connectivity index (χ2n) is 11.7. The van der Waals surface area contributed by atoms with Crippen LogP contribution in [0.3, 0.4) is 0 Å². The first-order valence-corrected chi connectivity index (χ1v) is 14.0. The number of benzene rings is 2. The Hall–Kier alpha value is -3.89. The smallest absolute Gasteiger partial charge is 0.410 e. The fraction of sp³-hybridized carbons (Fsp3) is 0.452. The number of hydrogen-bond acceptors (Lipinski definition) is 9. The quantitative estimate of drug-likeness (QED) is 0.424. The molecular formula is C31H39N5O5. The maximum absolute atomic E-state index is 12.3. The minimum Gasteiger partial charge on any atom is -0.457 e. The zero-order chi connectivity index (χ0) is 28.9. The van der Waals surface area contributed by atoms with Gasteiger partial charge in [-0.15, -0.1) is 0 Å². The molecule has 1 spiro atoms. The van der Waals surface area contributed by atoms with E-state index in [4.69, 9.17) is 24.7 Å². The highest BCUT2D eigenvalue weighted by Gasteiger charge is 2.54. The molecule has 10 nitrogen and oxygen atoms in total. The van der Waals surface area contributed by atoms with E-state index in [0.29, 0.717) is 5.82 Å². The topological polar surface area (TPSA) is 121 Å². The second kappa shape index (κ2) is 12.3. The third-order valence-corrected chi connectivity index (χ3v) is 7.15. The molecule has 3 heterocycles. The molecule has 1 aromatic heterocycles. The van der Waals surface area contributed by atoms with E-state index in [1.54, 1.807) is 4.90 Å². The van der Waals surface area contributed by atoms with Crippen LogP contribution < -0.4 is 15.8 Å². The monoisotopic (exact) mass is 561 g/mol. The second-order valence-corrected chi connectivity index (χ2v) is 11.7. The highest BCUT2D eigenvalue weighted by molar-refractivity contribution is 5.83. The SMILES string of the molecule is C1COCCO1.CC(C)(C)OC(=O)N1CC2(CC(Nc3ncnc(N)c3-c3ccc(Oc4ccccc4)cc3)C2)C1. The van der Waals surface area contributed by atoms with Gasteiger partial charge in [0.25, 0.3) is 0 Å².